The molecule has 6 nitrogen and oxygen atoms in total. The highest BCUT2D eigenvalue weighted by molar-refractivity contribution is 14.0. The van der Waals surface area contributed by atoms with Crippen molar-refractivity contribution in [1.82, 2.24) is 15.5 Å². The Hall–Kier alpha value is -1.42. The van der Waals surface area contributed by atoms with Crippen LogP contribution in [-0.4, -0.2) is 50.1 Å². The number of methoxy groups -OCH3 is 1. The topological polar surface area (TPSA) is 66.0 Å². The number of carbonyl (C=O) groups excluding carboxylic acids is 1. The molecular weight excluding hydrogens is 498 g/mol. The van der Waals surface area contributed by atoms with Crippen LogP contribution in [0.5, 0.6) is 0 Å². The molecule has 1 aromatic rings. The molecule has 1 saturated heterocycles. The lowest BCUT2D eigenvalue weighted by Gasteiger charge is -2.34. The first-order valence-corrected chi connectivity index (χ1v) is 10.5. The molecule has 8 heteroatoms. The molecule has 170 valence electrons. The minimum absolute atomic E-state index is 0. The summed E-state index contributed by atoms with van der Waals surface area (Å²) in [6.07, 6.45) is 3.61. The smallest absolute Gasteiger partial charge is 0.225 e. The third-order valence-electron chi connectivity index (χ3n) is 5.58. The highest BCUT2D eigenvalue weighted by Crippen LogP contribution is 2.17. The van der Waals surface area contributed by atoms with Gasteiger partial charge in [0.25, 0.3) is 0 Å². The summed E-state index contributed by atoms with van der Waals surface area (Å²) in [6.45, 7) is 6.51. The van der Waals surface area contributed by atoms with Gasteiger partial charge < -0.3 is 20.3 Å². The molecule has 30 heavy (non-hydrogen) atoms. The van der Waals surface area contributed by atoms with E-state index >= 15 is 0 Å². The summed E-state index contributed by atoms with van der Waals surface area (Å²) in [5.41, 5.74) is 1.51. The summed E-state index contributed by atoms with van der Waals surface area (Å²) in [7, 11) is 3.29. The highest BCUT2D eigenvalue weighted by atomic mass is 127. The zero-order valence-corrected chi connectivity index (χ0v) is 20.9. The van der Waals surface area contributed by atoms with Crippen LogP contribution in [0.3, 0.4) is 0 Å². The van der Waals surface area contributed by atoms with Crippen molar-refractivity contribution in [3.05, 3.63) is 35.1 Å². The van der Waals surface area contributed by atoms with Crippen LogP contribution >= 0.6 is 24.0 Å². The highest BCUT2D eigenvalue weighted by Gasteiger charge is 2.26. The van der Waals surface area contributed by atoms with Gasteiger partial charge in [-0.2, -0.15) is 0 Å². The van der Waals surface area contributed by atoms with E-state index in [9.17, 15) is 9.18 Å². The van der Waals surface area contributed by atoms with Gasteiger partial charge >= 0.3 is 0 Å². The van der Waals surface area contributed by atoms with Gasteiger partial charge in [-0.15, -0.1) is 24.0 Å². The van der Waals surface area contributed by atoms with Gasteiger partial charge in [-0.25, -0.2) is 4.39 Å². The number of guanidine groups is 1. The predicted molar refractivity (Wildman–Crippen MR) is 130 cm³/mol. The minimum atomic E-state index is -0.257. The van der Waals surface area contributed by atoms with Gasteiger partial charge in [0.1, 0.15) is 5.82 Å². The van der Waals surface area contributed by atoms with Gasteiger partial charge in [0, 0.05) is 51.3 Å². The molecule has 1 heterocycles. The molecule has 0 unspecified atom stereocenters. The number of nitrogens with zero attached hydrogens (tertiary/aromatic N) is 2. The van der Waals surface area contributed by atoms with E-state index in [1.54, 1.807) is 26.3 Å². The van der Waals surface area contributed by atoms with E-state index in [1.165, 1.54) is 6.07 Å². The van der Waals surface area contributed by atoms with Crippen LogP contribution in [0, 0.1) is 11.7 Å². The zero-order valence-electron chi connectivity index (χ0n) is 18.5. The fraction of sp³-hybridized carbons (Fsp3) is 0.636. The van der Waals surface area contributed by atoms with Crippen molar-refractivity contribution in [1.29, 1.82) is 0 Å². The first kappa shape index (κ1) is 26.6. The van der Waals surface area contributed by atoms with Crippen molar-refractivity contribution in [3.63, 3.8) is 0 Å². The summed E-state index contributed by atoms with van der Waals surface area (Å²) in [4.78, 5) is 18.8. The van der Waals surface area contributed by atoms with Crippen molar-refractivity contribution in [2.75, 3.05) is 27.2 Å². The van der Waals surface area contributed by atoms with Crippen LogP contribution in [0.2, 0.25) is 0 Å². The lowest BCUT2D eigenvalue weighted by molar-refractivity contribution is -0.136. The number of nitrogens with one attached hydrogen (secondary N) is 2. The number of hydrogen-bond acceptors (Lipinski definition) is 3. The Kier molecular flexibility index (Phi) is 12.2. The van der Waals surface area contributed by atoms with Gasteiger partial charge in [-0.05, 0) is 43.4 Å². The standard InChI is InChI=1S/C22H35FN4O2.HI/c1-5-17(6-2)21(28)27-11-9-19(10-12-27)26-22(24-3)25-14-16-7-8-20(23)18(13-16)15-29-4;/h7-8,13,17,19H,5-6,9-12,14-15H2,1-4H3,(H2,24,25,26);1H. The van der Waals surface area contributed by atoms with E-state index in [0.29, 0.717) is 24.0 Å². The van der Waals surface area contributed by atoms with Crippen LogP contribution in [0.25, 0.3) is 0 Å². The molecule has 1 aromatic carbocycles. The largest absolute Gasteiger partial charge is 0.380 e. The molecule has 1 fully saturated rings. The molecule has 0 spiro atoms. The maximum absolute atomic E-state index is 13.7. The monoisotopic (exact) mass is 534 g/mol. The minimum Gasteiger partial charge on any atom is -0.380 e. The molecule has 1 amide bonds. The number of halogens is 2. The number of benzene rings is 1. The Labute approximate surface area is 197 Å². The van der Waals surface area contributed by atoms with Crippen molar-refractivity contribution >= 4 is 35.8 Å². The van der Waals surface area contributed by atoms with Crippen LogP contribution in [0.4, 0.5) is 4.39 Å². The number of carbonyl (C=O) groups is 1. The van der Waals surface area contributed by atoms with E-state index in [2.05, 4.69) is 29.5 Å². The Morgan fingerprint density at radius 3 is 2.53 bits per heavy atom. The number of ether oxygens (including phenoxy) is 1. The third kappa shape index (κ3) is 7.68. The Morgan fingerprint density at radius 2 is 1.97 bits per heavy atom. The van der Waals surface area contributed by atoms with Crippen molar-refractivity contribution in [2.24, 2.45) is 10.9 Å². The quantitative estimate of drug-likeness (QED) is 0.304. The predicted octanol–water partition coefficient (Wildman–Crippen LogP) is 3.68. The van der Waals surface area contributed by atoms with Crippen LogP contribution in [0.1, 0.15) is 50.7 Å². The Balaban J connectivity index is 0.00000450. The summed E-state index contributed by atoms with van der Waals surface area (Å²) in [6, 6.07) is 5.32. The van der Waals surface area contributed by atoms with E-state index in [1.807, 2.05) is 4.90 Å². The summed E-state index contributed by atoms with van der Waals surface area (Å²) in [5, 5.41) is 6.73. The van der Waals surface area contributed by atoms with Gasteiger partial charge in [0.15, 0.2) is 5.96 Å². The molecule has 0 radical (unpaired) electrons. The van der Waals surface area contributed by atoms with Gasteiger partial charge in [-0.1, -0.05) is 19.9 Å². The maximum Gasteiger partial charge on any atom is 0.225 e. The van der Waals surface area contributed by atoms with Crippen LogP contribution < -0.4 is 10.6 Å². The van der Waals surface area contributed by atoms with Crippen molar-refractivity contribution in [3.8, 4) is 0 Å². The number of amides is 1. The zero-order chi connectivity index (χ0) is 21.2. The second-order valence-electron chi connectivity index (χ2n) is 7.54. The number of aliphatic imine (C=N–C) groups is 1. The SMILES string of the molecule is CCC(CC)C(=O)N1CCC(NC(=NC)NCc2ccc(F)c(COC)c2)CC1.I. The number of hydrogen-bond donors (Lipinski definition) is 2. The molecule has 0 saturated carbocycles. The van der Waals surface area contributed by atoms with Crippen LogP contribution in [-0.2, 0) is 22.7 Å². The molecule has 0 bridgehead atoms. The molecule has 1 aliphatic rings. The van der Waals surface area contributed by atoms with Crippen LogP contribution in [0.15, 0.2) is 23.2 Å². The number of rotatable bonds is 8. The average molecular weight is 534 g/mol. The summed E-state index contributed by atoms with van der Waals surface area (Å²) >= 11 is 0. The second-order valence-corrected chi connectivity index (χ2v) is 7.54. The summed E-state index contributed by atoms with van der Waals surface area (Å²) in [5.74, 6) is 0.895. The normalized spacial score (nSPS) is 15.1. The fourth-order valence-corrected chi connectivity index (χ4v) is 3.72. The molecular formula is C22H36FIN4O2. The molecule has 0 atom stereocenters. The van der Waals surface area contributed by atoms with Crippen molar-refractivity contribution in [2.45, 2.75) is 58.7 Å². The first-order valence-electron chi connectivity index (χ1n) is 10.5. The lowest BCUT2D eigenvalue weighted by Crippen LogP contribution is -2.50. The molecule has 1 aliphatic heterocycles. The van der Waals surface area contributed by atoms with Gasteiger partial charge in [0.2, 0.25) is 5.91 Å². The van der Waals surface area contributed by atoms with E-state index in [0.717, 1.165) is 44.3 Å². The van der Waals surface area contributed by atoms with E-state index in [-0.39, 0.29) is 48.4 Å². The lowest BCUT2D eigenvalue weighted by atomic mass is 9.98. The Morgan fingerprint density at radius 1 is 1.30 bits per heavy atom. The molecule has 0 aliphatic carbocycles. The molecule has 2 rings (SSSR count). The summed E-state index contributed by atoms with van der Waals surface area (Å²) < 4.78 is 18.8. The Bertz CT molecular complexity index is 690. The van der Waals surface area contributed by atoms with E-state index < -0.39 is 0 Å². The average Bonchev–Trinajstić information content (AvgIpc) is 2.74. The van der Waals surface area contributed by atoms with Gasteiger partial charge in [-0.3, -0.25) is 9.79 Å². The van der Waals surface area contributed by atoms with E-state index in [4.69, 9.17) is 4.74 Å². The second kappa shape index (κ2) is 13.8. The third-order valence-corrected chi connectivity index (χ3v) is 5.58. The maximum atomic E-state index is 13.7. The number of piperidine rings is 1. The number of likely N-dealkylation sites (tertiary alicyclic amines) is 1. The molecule has 0 aromatic heterocycles. The van der Waals surface area contributed by atoms with Gasteiger partial charge in [0.05, 0.1) is 6.61 Å². The fourth-order valence-electron chi connectivity index (χ4n) is 3.72. The first-order chi connectivity index (χ1) is 14.0. The van der Waals surface area contributed by atoms with Crippen molar-refractivity contribution < 1.29 is 13.9 Å². The molecule has 2 N–H and O–H groups in total.